The molecule has 6 heteroatoms. The first-order valence-electron chi connectivity index (χ1n) is 6.91. The summed E-state index contributed by atoms with van der Waals surface area (Å²) in [6.07, 6.45) is 4.71. The Morgan fingerprint density at radius 1 is 1.39 bits per heavy atom. The van der Waals surface area contributed by atoms with Crippen molar-refractivity contribution >= 4 is 10.2 Å². The first kappa shape index (κ1) is 14.2. The minimum Gasteiger partial charge on any atom is -0.396 e. The molecular weight excluding hydrogens is 252 g/mol. The second kappa shape index (κ2) is 5.86. The van der Waals surface area contributed by atoms with E-state index in [1.165, 1.54) is 0 Å². The lowest BCUT2D eigenvalue weighted by molar-refractivity contribution is 0.256. The zero-order valence-electron chi connectivity index (χ0n) is 11.0. The van der Waals surface area contributed by atoms with Crippen LogP contribution in [0.1, 0.15) is 39.0 Å². The minimum atomic E-state index is -3.37. The molecule has 0 amide bonds. The number of piperidine rings is 1. The molecule has 1 aliphatic heterocycles. The van der Waals surface area contributed by atoms with E-state index in [0.717, 1.165) is 25.7 Å². The van der Waals surface area contributed by atoms with E-state index in [1.54, 1.807) is 4.31 Å². The lowest BCUT2D eigenvalue weighted by atomic mass is 10.0. The van der Waals surface area contributed by atoms with Crippen LogP contribution in [0.5, 0.6) is 0 Å². The SMILES string of the molecule is CC1CCCN(S(=O)(=O)NC(CCO)C2CC2)C1. The Morgan fingerprint density at radius 2 is 2.11 bits per heavy atom. The van der Waals surface area contributed by atoms with E-state index >= 15 is 0 Å². The van der Waals surface area contributed by atoms with Gasteiger partial charge in [0.15, 0.2) is 0 Å². The van der Waals surface area contributed by atoms with Gasteiger partial charge in [-0.15, -0.1) is 0 Å². The number of nitrogens with one attached hydrogen (secondary N) is 1. The molecule has 5 nitrogen and oxygen atoms in total. The van der Waals surface area contributed by atoms with Gasteiger partial charge in [-0.05, 0) is 43.9 Å². The van der Waals surface area contributed by atoms with Crippen LogP contribution in [-0.4, -0.2) is 43.6 Å². The molecule has 0 bridgehead atoms. The quantitative estimate of drug-likeness (QED) is 0.751. The summed E-state index contributed by atoms with van der Waals surface area (Å²) in [5.41, 5.74) is 0. The predicted molar refractivity (Wildman–Crippen MR) is 70.2 cm³/mol. The Bertz CT molecular complexity index is 368. The van der Waals surface area contributed by atoms with E-state index in [2.05, 4.69) is 11.6 Å². The standard InChI is InChI=1S/C12H24N2O3S/c1-10-3-2-7-14(9-10)18(16,17)13-12(6-8-15)11-4-5-11/h10-13,15H,2-9H2,1H3. The van der Waals surface area contributed by atoms with Gasteiger partial charge in [0.1, 0.15) is 0 Å². The fraction of sp³-hybridized carbons (Fsp3) is 1.00. The van der Waals surface area contributed by atoms with Crippen molar-refractivity contribution in [2.75, 3.05) is 19.7 Å². The summed E-state index contributed by atoms with van der Waals surface area (Å²) in [6, 6.07) is -0.0859. The topological polar surface area (TPSA) is 69.6 Å². The average molecular weight is 276 g/mol. The third-order valence-corrected chi connectivity index (χ3v) is 5.50. The molecule has 106 valence electrons. The fourth-order valence-electron chi connectivity index (χ4n) is 2.66. The van der Waals surface area contributed by atoms with Crippen LogP contribution in [-0.2, 0) is 10.2 Å². The number of aliphatic hydroxyl groups is 1. The Hall–Kier alpha value is -0.170. The van der Waals surface area contributed by atoms with Gasteiger partial charge in [-0.3, -0.25) is 0 Å². The summed E-state index contributed by atoms with van der Waals surface area (Å²) in [6.45, 7) is 3.37. The van der Waals surface area contributed by atoms with Crippen molar-refractivity contribution in [3.63, 3.8) is 0 Å². The van der Waals surface area contributed by atoms with Crippen LogP contribution in [0.4, 0.5) is 0 Å². The third-order valence-electron chi connectivity index (χ3n) is 3.89. The smallest absolute Gasteiger partial charge is 0.279 e. The maximum Gasteiger partial charge on any atom is 0.279 e. The molecule has 0 aromatic rings. The van der Waals surface area contributed by atoms with Crippen LogP contribution in [0, 0.1) is 11.8 Å². The molecule has 2 atom stereocenters. The van der Waals surface area contributed by atoms with Crippen molar-refractivity contribution < 1.29 is 13.5 Å². The molecule has 2 rings (SSSR count). The van der Waals surface area contributed by atoms with E-state index < -0.39 is 10.2 Å². The van der Waals surface area contributed by atoms with E-state index in [0.29, 0.717) is 31.3 Å². The van der Waals surface area contributed by atoms with Gasteiger partial charge in [-0.25, -0.2) is 0 Å². The Labute approximate surface area is 110 Å². The predicted octanol–water partition coefficient (Wildman–Crippen LogP) is 0.714. The summed E-state index contributed by atoms with van der Waals surface area (Å²) in [4.78, 5) is 0. The van der Waals surface area contributed by atoms with Crippen molar-refractivity contribution in [1.82, 2.24) is 9.03 Å². The first-order chi connectivity index (χ1) is 8.53. The highest BCUT2D eigenvalue weighted by atomic mass is 32.2. The largest absolute Gasteiger partial charge is 0.396 e. The van der Waals surface area contributed by atoms with E-state index in [9.17, 15) is 8.42 Å². The molecule has 2 aliphatic rings. The lowest BCUT2D eigenvalue weighted by Crippen LogP contribution is -2.49. The van der Waals surface area contributed by atoms with E-state index in [4.69, 9.17) is 5.11 Å². The fourth-order valence-corrected chi connectivity index (χ4v) is 4.32. The van der Waals surface area contributed by atoms with Crippen LogP contribution in [0.15, 0.2) is 0 Å². The van der Waals surface area contributed by atoms with Gasteiger partial charge in [0.25, 0.3) is 10.2 Å². The summed E-state index contributed by atoms with van der Waals surface area (Å²) < 4.78 is 28.9. The van der Waals surface area contributed by atoms with Crippen molar-refractivity contribution in [2.24, 2.45) is 11.8 Å². The van der Waals surface area contributed by atoms with Gasteiger partial charge >= 0.3 is 0 Å². The second-order valence-corrected chi connectivity index (χ2v) is 7.39. The van der Waals surface area contributed by atoms with Crippen molar-refractivity contribution in [2.45, 2.75) is 45.1 Å². The maximum absolute atomic E-state index is 12.3. The van der Waals surface area contributed by atoms with Crippen molar-refractivity contribution in [1.29, 1.82) is 0 Å². The number of aliphatic hydroxyl groups excluding tert-OH is 1. The number of hydrogen-bond donors (Lipinski definition) is 2. The molecule has 2 N–H and O–H groups in total. The molecule has 2 fully saturated rings. The van der Waals surface area contributed by atoms with Crippen LogP contribution in [0.3, 0.4) is 0 Å². The summed E-state index contributed by atoms with van der Waals surface area (Å²) in [5, 5.41) is 9.01. The van der Waals surface area contributed by atoms with Gasteiger partial charge in [0, 0.05) is 25.7 Å². The van der Waals surface area contributed by atoms with Crippen molar-refractivity contribution in [3.8, 4) is 0 Å². The lowest BCUT2D eigenvalue weighted by Gasteiger charge is -2.31. The highest BCUT2D eigenvalue weighted by molar-refractivity contribution is 7.87. The number of hydrogen-bond acceptors (Lipinski definition) is 3. The Kier molecular flexibility index (Phi) is 4.64. The summed E-state index contributed by atoms with van der Waals surface area (Å²) in [5.74, 6) is 0.863. The number of nitrogens with zero attached hydrogens (tertiary/aromatic N) is 1. The molecule has 0 radical (unpaired) electrons. The van der Waals surface area contributed by atoms with Crippen molar-refractivity contribution in [3.05, 3.63) is 0 Å². The monoisotopic (exact) mass is 276 g/mol. The molecule has 2 unspecified atom stereocenters. The second-order valence-electron chi connectivity index (χ2n) is 5.68. The highest BCUT2D eigenvalue weighted by Gasteiger charge is 2.36. The first-order valence-corrected chi connectivity index (χ1v) is 8.35. The van der Waals surface area contributed by atoms with Gasteiger partial charge in [0.2, 0.25) is 0 Å². The van der Waals surface area contributed by atoms with Crippen LogP contribution >= 0.6 is 0 Å². The average Bonchev–Trinajstić information content (AvgIpc) is 3.12. The van der Waals surface area contributed by atoms with Gasteiger partial charge in [0.05, 0.1) is 0 Å². The van der Waals surface area contributed by atoms with Crippen LogP contribution < -0.4 is 4.72 Å². The molecule has 1 saturated carbocycles. The molecule has 0 aromatic carbocycles. The summed E-state index contributed by atoms with van der Waals surface area (Å²) >= 11 is 0. The molecule has 0 spiro atoms. The molecule has 1 aliphatic carbocycles. The molecular formula is C12H24N2O3S. The number of rotatable bonds is 6. The van der Waals surface area contributed by atoms with E-state index in [1.807, 2.05) is 0 Å². The molecule has 1 heterocycles. The van der Waals surface area contributed by atoms with Crippen LogP contribution in [0.2, 0.25) is 0 Å². The van der Waals surface area contributed by atoms with Crippen LogP contribution in [0.25, 0.3) is 0 Å². The summed E-state index contributed by atoms with van der Waals surface area (Å²) in [7, 11) is -3.37. The van der Waals surface area contributed by atoms with Gasteiger partial charge in [-0.2, -0.15) is 17.4 Å². The van der Waals surface area contributed by atoms with Gasteiger partial charge < -0.3 is 5.11 Å². The molecule has 1 saturated heterocycles. The minimum absolute atomic E-state index is 0.0418. The highest BCUT2D eigenvalue weighted by Crippen LogP contribution is 2.34. The Balaban J connectivity index is 1.96. The third kappa shape index (κ3) is 3.66. The zero-order chi connectivity index (χ0) is 13.2. The maximum atomic E-state index is 12.3. The Morgan fingerprint density at radius 3 is 2.67 bits per heavy atom. The van der Waals surface area contributed by atoms with Gasteiger partial charge in [-0.1, -0.05) is 6.92 Å². The molecule has 0 aromatic heterocycles. The normalized spacial score (nSPS) is 28.2. The zero-order valence-corrected chi connectivity index (χ0v) is 11.8. The van der Waals surface area contributed by atoms with E-state index in [-0.39, 0.29) is 12.6 Å². The molecule has 18 heavy (non-hydrogen) atoms.